The van der Waals surface area contributed by atoms with Crippen LogP contribution in [-0.2, 0) is 14.9 Å². The predicted molar refractivity (Wildman–Crippen MR) is 151 cm³/mol. The van der Waals surface area contributed by atoms with Crippen LogP contribution in [0.1, 0.15) is 61.6 Å². The van der Waals surface area contributed by atoms with Gasteiger partial charge in [0.05, 0.1) is 18.2 Å². The molecule has 0 aliphatic carbocycles. The first-order valence-corrected chi connectivity index (χ1v) is 13.8. The summed E-state index contributed by atoms with van der Waals surface area (Å²) in [6.07, 6.45) is 0.725. The van der Waals surface area contributed by atoms with Crippen LogP contribution >= 0.6 is 0 Å². The van der Waals surface area contributed by atoms with Crippen molar-refractivity contribution in [3.63, 3.8) is 0 Å². The minimum atomic E-state index is -0.643. The molecule has 0 aromatic heterocycles. The van der Waals surface area contributed by atoms with Crippen molar-refractivity contribution >= 4 is 17.9 Å². The number of hydrogen-bond donors (Lipinski definition) is 1. The summed E-state index contributed by atoms with van der Waals surface area (Å²) in [6.45, 7) is 11.0. The molecule has 0 saturated carbocycles. The molecule has 214 valence electrons. The molecule has 2 aromatic carbocycles. The van der Waals surface area contributed by atoms with Gasteiger partial charge in [-0.3, -0.25) is 14.6 Å². The van der Waals surface area contributed by atoms with Crippen LogP contribution in [0.3, 0.4) is 0 Å². The number of nitrogens with one attached hydrogen (secondary N) is 1. The minimum absolute atomic E-state index is 0.0295. The van der Waals surface area contributed by atoms with E-state index in [4.69, 9.17) is 4.74 Å². The molecule has 0 bridgehead atoms. The van der Waals surface area contributed by atoms with Gasteiger partial charge in [-0.15, -0.1) is 0 Å². The Balaban J connectivity index is 1.60. The molecular weight excluding hydrogens is 511 g/mol. The summed E-state index contributed by atoms with van der Waals surface area (Å²) in [4.78, 5) is 44.9. The van der Waals surface area contributed by atoms with Gasteiger partial charge in [0.2, 0.25) is 0 Å². The van der Waals surface area contributed by atoms with Crippen molar-refractivity contribution < 1.29 is 23.5 Å². The summed E-state index contributed by atoms with van der Waals surface area (Å²) >= 11 is 0. The standard InChI is InChI=1S/C31H39FN4O4/c1-6-40-29(38)26-25(34(5)30(39)33-27(26)21-8-12-23(13-9-21)31(2,3)4)20-35-16-7-17-36(19-18-35)28(37)22-10-14-24(32)15-11-22/h8-15,27H,6-7,16-20H2,1-5H3,(H,33,39)/t27-/m1/s1. The lowest BCUT2D eigenvalue weighted by atomic mass is 9.85. The summed E-state index contributed by atoms with van der Waals surface area (Å²) in [5.41, 5.74) is 3.38. The number of carbonyl (C=O) groups is 3. The first-order valence-electron chi connectivity index (χ1n) is 13.8. The van der Waals surface area contributed by atoms with Crippen LogP contribution in [0.25, 0.3) is 0 Å². The van der Waals surface area contributed by atoms with Gasteiger partial charge >= 0.3 is 12.0 Å². The highest BCUT2D eigenvalue weighted by Crippen LogP contribution is 2.33. The zero-order valence-electron chi connectivity index (χ0n) is 24.0. The summed E-state index contributed by atoms with van der Waals surface area (Å²) in [6, 6.07) is 12.6. The Morgan fingerprint density at radius 2 is 1.68 bits per heavy atom. The van der Waals surface area contributed by atoms with Crippen LogP contribution in [0, 0.1) is 5.82 Å². The molecule has 0 radical (unpaired) electrons. The summed E-state index contributed by atoms with van der Waals surface area (Å²) in [5.74, 6) is -0.980. The predicted octanol–water partition coefficient (Wildman–Crippen LogP) is 4.48. The molecule has 1 atom stereocenters. The fourth-order valence-corrected chi connectivity index (χ4v) is 5.14. The normalized spacial score (nSPS) is 18.9. The van der Waals surface area contributed by atoms with Gasteiger partial charge in [0, 0.05) is 51.0 Å². The van der Waals surface area contributed by atoms with Crippen LogP contribution < -0.4 is 5.32 Å². The number of rotatable bonds is 6. The number of urea groups is 1. The Labute approximate surface area is 235 Å². The zero-order valence-corrected chi connectivity index (χ0v) is 24.0. The second-order valence-corrected chi connectivity index (χ2v) is 11.3. The molecule has 40 heavy (non-hydrogen) atoms. The van der Waals surface area contributed by atoms with Gasteiger partial charge < -0.3 is 15.0 Å². The van der Waals surface area contributed by atoms with Crippen LogP contribution in [0.4, 0.5) is 9.18 Å². The number of esters is 1. The summed E-state index contributed by atoms with van der Waals surface area (Å²) in [5, 5.41) is 2.98. The number of halogens is 1. The van der Waals surface area contributed by atoms with Crippen molar-refractivity contribution in [3.8, 4) is 0 Å². The first-order chi connectivity index (χ1) is 19.0. The Morgan fingerprint density at radius 1 is 1.00 bits per heavy atom. The Bertz CT molecular complexity index is 1270. The number of likely N-dealkylation sites (N-methyl/N-ethyl adjacent to an activating group) is 1. The largest absolute Gasteiger partial charge is 0.463 e. The number of benzene rings is 2. The third-order valence-electron chi connectivity index (χ3n) is 7.52. The van der Waals surface area contributed by atoms with E-state index in [1.54, 1.807) is 18.9 Å². The van der Waals surface area contributed by atoms with Crippen molar-refractivity contribution in [1.29, 1.82) is 0 Å². The molecule has 1 N–H and O–H groups in total. The smallest absolute Gasteiger partial charge is 0.338 e. The molecule has 1 saturated heterocycles. The third-order valence-corrected chi connectivity index (χ3v) is 7.52. The van der Waals surface area contributed by atoms with E-state index in [0.717, 1.165) is 17.5 Å². The molecule has 0 unspecified atom stereocenters. The van der Waals surface area contributed by atoms with Gasteiger partial charge in [0.25, 0.3) is 5.91 Å². The number of ether oxygens (including phenoxy) is 1. The van der Waals surface area contributed by atoms with E-state index in [0.29, 0.717) is 49.6 Å². The molecule has 9 heteroatoms. The van der Waals surface area contributed by atoms with Crippen LogP contribution in [-0.4, -0.2) is 79.0 Å². The zero-order chi connectivity index (χ0) is 29.0. The average molecular weight is 551 g/mol. The van der Waals surface area contributed by atoms with E-state index in [2.05, 4.69) is 31.0 Å². The van der Waals surface area contributed by atoms with E-state index in [1.807, 2.05) is 24.3 Å². The van der Waals surface area contributed by atoms with E-state index in [1.165, 1.54) is 29.2 Å². The SMILES string of the molecule is CCOC(=O)C1=C(CN2CCCN(C(=O)c3ccc(F)cc3)CC2)N(C)C(=O)N[C@@H]1c1ccc(C(C)(C)C)cc1. The Kier molecular flexibility index (Phi) is 8.93. The van der Waals surface area contributed by atoms with Gasteiger partial charge in [-0.05, 0) is 54.2 Å². The maximum absolute atomic E-state index is 13.3. The summed E-state index contributed by atoms with van der Waals surface area (Å²) in [7, 11) is 1.66. The Morgan fingerprint density at radius 3 is 2.30 bits per heavy atom. The highest BCUT2D eigenvalue weighted by Gasteiger charge is 2.37. The topological polar surface area (TPSA) is 82.2 Å². The highest BCUT2D eigenvalue weighted by atomic mass is 19.1. The fraction of sp³-hybridized carbons (Fsp3) is 0.452. The third kappa shape index (κ3) is 6.53. The second-order valence-electron chi connectivity index (χ2n) is 11.3. The quantitative estimate of drug-likeness (QED) is 0.537. The molecular formula is C31H39FN4O4. The van der Waals surface area contributed by atoms with Gasteiger partial charge in [-0.1, -0.05) is 45.0 Å². The first kappa shape index (κ1) is 29.3. The van der Waals surface area contributed by atoms with Gasteiger partial charge in [0.15, 0.2) is 0 Å². The molecule has 2 aliphatic heterocycles. The molecule has 8 nitrogen and oxygen atoms in total. The second kappa shape index (κ2) is 12.2. The van der Waals surface area contributed by atoms with Crippen molar-refractivity contribution in [2.75, 3.05) is 46.4 Å². The molecule has 4 rings (SSSR count). The number of carbonyl (C=O) groups excluding carboxylic acids is 3. The lowest BCUT2D eigenvalue weighted by Gasteiger charge is -2.36. The van der Waals surface area contributed by atoms with E-state index in [9.17, 15) is 18.8 Å². The fourth-order valence-electron chi connectivity index (χ4n) is 5.14. The monoisotopic (exact) mass is 550 g/mol. The van der Waals surface area contributed by atoms with Crippen molar-refractivity contribution in [1.82, 2.24) is 20.0 Å². The average Bonchev–Trinajstić information content (AvgIpc) is 3.16. The maximum Gasteiger partial charge on any atom is 0.338 e. The van der Waals surface area contributed by atoms with E-state index in [-0.39, 0.29) is 29.8 Å². The van der Waals surface area contributed by atoms with E-state index >= 15 is 0 Å². The molecule has 1 fully saturated rings. The van der Waals surface area contributed by atoms with Crippen molar-refractivity contribution in [2.45, 2.75) is 45.6 Å². The molecule has 2 heterocycles. The lowest BCUT2D eigenvalue weighted by molar-refractivity contribution is -0.139. The van der Waals surface area contributed by atoms with Gasteiger partial charge in [-0.2, -0.15) is 0 Å². The molecule has 0 spiro atoms. The van der Waals surface area contributed by atoms with Gasteiger partial charge in [0.1, 0.15) is 5.82 Å². The van der Waals surface area contributed by atoms with Crippen LogP contribution in [0.2, 0.25) is 0 Å². The Hall–Kier alpha value is -3.72. The molecule has 2 aliphatic rings. The molecule has 2 aromatic rings. The lowest BCUT2D eigenvalue weighted by Crippen LogP contribution is -2.49. The summed E-state index contributed by atoms with van der Waals surface area (Å²) < 4.78 is 18.8. The van der Waals surface area contributed by atoms with Gasteiger partial charge in [-0.25, -0.2) is 14.0 Å². The maximum atomic E-state index is 13.3. The minimum Gasteiger partial charge on any atom is -0.463 e. The number of nitrogens with zero attached hydrogens (tertiary/aromatic N) is 3. The van der Waals surface area contributed by atoms with Crippen LogP contribution in [0.5, 0.6) is 0 Å². The van der Waals surface area contributed by atoms with Crippen molar-refractivity contribution in [2.24, 2.45) is 0 Å². The molecule has 3 amide bonds. The highest BCUT2D eigenvalue weighted by molar-refractivity contribution is 5.95. The van der Waals surface area contributed by atoms with Crippen LogP contribution in [0.15, 0.2) is 59.8 Å². The van der Waals surface area contributed by atoms with E-state index < -0.39 is 12.0 Å². The van der Waals surface area contributed by atoms with Crippen molar-refractivity contribution in [3.05, 3.63) is 82.3 Å². The number of hydrogen-bond acceptors (Lipinski definition) is 5. The number of amides is 3.